The van der Waals surface area contributed by atoms with E-state index >= 15 is 0 Å². The molecule has 0 aromatic rings. The Balaban J connectivity index is 5.61. The van der Waals surface area contributed by atoms with E-state index in [2.05, 4.69) is 0 Å². The molecule has 0 aliphatic carbocycles. The lowest BCUT2D eigenvalue weighted by Gasteiger charge is -2.32. The molecule has 1 atom stereocenters. The molecule has 0 fully saturated rings. The maximum absolute atomic E-state index is 12.2. The van der Waals surface area contributed by atoms with Gasteiger partial charge in [-0.05, 0) is 0 Å². The zero-order valence-electron chi connectivity index (χ0n) is 16.3. The quantitative estimate of drug-likeness (QED) is 0.0627. The average Bonchev–Trinajstić information content (AvgIpc) is 2.60. The van der Waals surface area contributed by atoms with Crippen molar-refractivity contribution in [2.24, 2.45) is 5.84 Å². The highest BCUT2D eigenvalue weighted by molar-refractivity contribution is 5.83. The summed E-state index contributed by atoms with van der Waals surface area (Å²) in [7, 11) is 0. The monoisotopic (exact) mass is 451 g/mol. The van der Waals surface area contributed by atoms with Crippen molar-refractivity contribution in [2.45, 2.75) is 6.04 Å². The highest BCUT2D eigenvalue weighted by atomic mass is 16.4. The maximum atomic E-state index is 12.2. The second-order valence-electron chi connectivity index (χ2n) is 6.34. The predicted octanol–water partition coefficient (Wildman–Crippen LogP) is -4.33. The van der Waals surface area contributed by atoms with Crippen molar-refractivity contribution in [3.8, 4) is 0 Å². The molecule has 0 heterocycles. The van der Waals surface area contributed by atoms with Gasteiger partial charge in [-0.25, -0.2) is 5.84 Å². The van der Waals surface area contributed by atoms with Gasteiger partial charge in [0.25, 0.3) is 5.91 Å². The van der Waals surface area contributed by atoms with Crippen LogP contribution in [0.4, 0.5) is 0 Å². The van der Waals surface area contributed by atoms with Gasteiger partial charge >= 0.3 is 29.8 Å². The lowest BCUT2D eigenvalue weighted by Crippen LogP contribution is -2.57. The summed E-state index contributed by atoms with van der Waals surface area (Å²) in [4.78, 5) is 70.1. The Labute approximate surface area is 175 Å². The largest absolute Gasteiger partial charge is 0.480 e. The van der Waals surface area contributed by atoms with Crippen LogP contribution in [-0.4, -0.2) is 134 Å². The number of hydrazine groups is 1. The SMILES string of the molecule is NNC(=O)[C@@H](CN(CCN(CC(=O)O)CC(=O)O)CC(=O)O)N(CC(=O)O)CC(=O)O. The molecule has 0 rings (SSSR count). The Kier molecular flexibility index (Phi) is 12.3. The van der Waals surface area contributed by atoms with E-state index in [1.807, 2.05) is 0 Å². The van der Waals surface area contributed by atoms with Crippen molar-refractivity contribution in [1.82, 2.24) is 20.1 Å². The summed E-state index contributed by atoms with van der Waals surface area (Å²) >= 11 is 0. The standard InChI is InChI=1S/C15H25N5O11/c16-17-15(31)9(20(7-13(27)28)8-14(29)30)3-18(4-10(21)22)1-2-19(5-11(23)24)6-12(25)26/h9H,1-8,16H2,(H,17,31)(H,21,22)(H,23,24)(H,25,26)(H,27,28)(H,29,30)/t9-/m1/s1. The summed E-state index contributed by atoms with van der Waals surface area (Å²) in [5.74, 6) is -2.78. The first kappa shape index (κ1) is 27.7. The average molecular weight is 451 g/mol. The van der Waals surface area contributed by atoms with Gasteiger partial charge in [-0.3, -0.25) is 48.9 Å². The van der Waals surface area contributed by atoms with Crippen LogP contribution in [0.2, 0.25) is 0 Å². The normalized spacial score (nSPS) is 12.0. The molecule has 16 heteroatoms. The zero-order chi connectivity index (χ0) is 24.1. The number of rotatable bonds is 17. The van der Waals surface area contributed by atoms with E-state index in [9.17, 15) is 28.8 Å². The van der Waals surface area contributed by atoms with E-state index in [1.165, 1.54) is 0 Å². The topological polar surface area (TPSA) is 251 Å². The minimum absolute atomic E-state index is 0.222. The molecule has 16 nitrogen and oxygen atoms in total. The minimum atomic E-state index is -1.48. The van der Waals surface area contributed by atoms with Crippen molar-refractivity contribution in [2.75, 3.05) is 52.4 Å². The fourth-order valence-corrected chi connectivity index (χ4v) is 2.63. The van der Waals surface area contributed by atoms with Crippen LogP contribution in [0.15, 0.2) is 0 Å². The van der Waals surface area contributed by atoms with Crippen molar-refractivity contribution >= 4 is 35.8 Å². The molecule has 8 N–H and O–H groups in total. The third-order valence-corrected chi connectivity index (χ3v) is 3.80. The van der Waals surface area contributed by atoms with E-state index in [0.29, 0.717) is 0 Å². The van der Waals surface area contributed by atoms with E-state index in [1.54, 1.807) is 5.43 Å². The number of amides is 1. The number of nitrogens with one attached hydrogen (secondary N) is 1. The van der Waals surface area contributed by atoms with E-state index in [4.69, 9.17) is 31.4 Å². The van der Waals surface area contributed by atoms with Crippen molar-refractivity contribution in [1.29, 1.82) is 0 Å². The Morgan fingerprint density at radius 1 is 0.645 bits per heavy atom. The lowest BCUT2D eigenvalue weighted by molar-refractivity contribution is -0.146. The van der Waals surface area contributed by atoms with Crippen LogP contribution in [0.5, 0.6) is 0 Å². The molecule has 0 aliphatic rings. The molecule has 0 aromatic carbocycles. The number of nitrogens with zero attached hydrogens (tertiary/aromatic N) is 3. The number of nitrogens with two attached hydrogens (primary N) is 1. The molecule has 0 aromatic heterocycles. The molecule has 1 amide bonds. The summed E-state index contributed by atoms with van der Waals surface area (Å²) in [6, 6.07) is -1.48. The fraction of sp³-hybridized carbons (Fsp3) is 0.600. The second kappa shape index (κ2) is 13.8. The first-order valence-electron chi connectivity index (χ1n) is 8.63. The number of carboxylic acid groups (broad SMARTS) is 5. The van der Waals surface area contributed by atoms with Gasteiger partial charge in [0.05, 0.1) is 32.7 Å². The van der Waals surface area contributed by atoms with E-state index in [-0.39, 0.29) is 13.1 Å². The molecule has 0 saturated heterocycles. The fourth-order valence-electron chi connectivity index (χ4n) is 2.63. The van der Waals surface area contributed by atoms with Crippen LogP contribution in [0.1, 0.15) is 0 Å². The molecule has 0 spiro atoms. The van der Waals surface area contributed by atoms with Crippen LogP contribution in [0.3, 0.4) is 0 Å². The number of carbonyl (C=O) groups excluding carboxylic acids is 1. The Hall–Kier alpha value is -3.34. The second-order valence-corrected chi connectivity index (χ2v) is 6.34. The van der Waals surface area contributed by atoms with E-state index in [0.717, 1.165) is 14.7 Å². The van der Waals surface area contributed by atoms with Gasteiger partial charge in [0.15, 0.2) is 0 Å². The first-order chi connectivity index (χ1) is 14.3. The number of carbonyl (C=O) groups is 6. The van der Waals surface area contributed by atoms with Crippen molar-refractivity contribution in [3.63, 3.8) is 0 Å². The predicted molar refractivity (Wildman–Crippen MR) is 98.8 cm³/mol. The van der Waals surface area contributed by atoms with Gasteiger partial charge < -0.3 is 25.5 Å². The molecule has 176 valence electrons. The van der Waals surface area contributed by atoms with Gasteiger partial charge in [0.2, 0.25) is 0 Å². The summed E-state index contributed by atoms with van der Waals surface area (Å²) in [5, 5.41) is 44.9. The van der Waals surface area contributed by atoms with Crippen molar-refractivity contribution in [3.05, 3.63) is 0 Å². The van der Waals surface area contributed by atoms with Crippen LogP contribution >= 0.6 is 0 Å². The summed E-state index contributed by atoms with van der Waals surface area (Å²) in [6.07, 6.45) is 0. The Bertz CT molecular complexity index is 654. The van der Waals surface area contributed by atoms with Gasteiger partial charge in [0.1, 0.15) is 6.04 Å². The molecular formula is C15H25N5O11. The van der Waals surface area contributed by atoms with Gasteiger partial charge in [0, 0.05) is 19.6 Å². The molecular weight excluding hydrogens is 426 g/mol. The lowest BCUT2D eigenvalue weighted by atomic mass is 10.2. The van der Waals surface area contributed by atoms with Crippen LogP contribution in [0.25, 0.3) is 0 Å². The van der Waals surface area contributed by atoms with Gasteiger partial charge in [-0.15, -0.1) is 0 Å². The third kappa shape index (κ3) is 12.7. The molecule has 0 bridgehead atoms. The van der Waals surface area contributed by atoms with Gasteiger partial charge in [-0.1, -0.05) is 0 Å². The first-order valence-corrected chi connectivity index (χ1v) is 8.63. The number of carboxylic acids is 5. The molecule has 0 saturated carbocycles. The molecule has 0 unspecified atom stereocenters. The summed E-state index contributed by atoms with van der Waals surface area (Å²) in [6.45, 7) is -4.64. The van der Waals surface area contributed by atoms with Crippen LogP contribution < -0.4 is 11.3 Å². The van der Waals surface area contributed by atoms with Crippen LogP contribution in [0, 0.1) is 0 Å². The maximum Gasteiger partial charge on any atom is 0.317 e. The summed E-state index contributed by atoms with van der Waals surface area (Å²) in [5.41, 5.74) is 1.76. The number of aliphatic carboxylic acids is 5. The minimum Gasteiger partial charge on any atom is -0.480 e. The summed E-state index contributed by atoms with van der Waals surface area (Å²) < 4.78 is 0. The smallest absolute Gasteiger partial charge is 0.317 e. The highest BCUT2D eigenvalue weighted by Gasteiger charge is 2.31. The highest BCUT2D eigenvalue weighted by Crippen LogP contribution is 2.05. The molecule has 0 radical (unpaired) electrons. The third-order valence-electron chi connectivity index (χ3n) is 3.80. The van der Waals surface area contributed by atoms with Gasteiger partial charge in [-0.2, -0.15) is 0 Å². The zero-order valence-corrected chi connectivity index (χ0v) is 16.3. The van der Waals surface area contributed by atoms with E-state index < -0.39 is 81.1 Å². The van der Waals surface area contributed by atoms with Crippen LogP contribution in [-0.2, 0) is 28.8 Å². The Morgan fingerprint density at radius 2 is 1.00 bits per heavy atom. The molecule has 31 heavy (non-hydrogen) atoms. The Morgan fingerprint density at radius 3 is 1.35 bits per heavy atom. The number of hydrogen-bond acceptors (Lipinski definition) is 10. The molecule has 0 aliphatic heterocycles. The number of hydrogen-bond donors (Lipinski definition) is 7. The van der Waals surface area contributed by atoms with Crippen molar-refractivity contribution < 1.29 is 54.3 Å².